The molecule has 3 fully saturated rings. The molecule has 2 aliphatic carbocycles. The van der Waals surface area contributed by atoms with Crippen molar-refractivity contribution in [1.82, 2.24) is 10.2 Å². The molecule has 110 valence electrons. The Balaban J connectivity index is 1.56. The molecule has 0 aromatic carbocycles. The van der Waals surface area contributed by atoms with Crippen molar-refractivity contribution < 1.29 is 0 Å². The molecule has 3 rings (SSSR count). The second kappa shape index (κ2) is 5.73. The van der Waals surface area contributed by atoms with Crippen LogP contribution >= 0.6 is 0 Å². The molecule has 0 amide bonds. The van der Waals surface area contributed by atoms with Gasteiger partial charge in [0.1, 0.15) is 0 Å². The molecule has 2 unspecified atom stereocenters. The van der Waals surface area contributed by atoms with Gasteiger partial charge in [-0.25, -0.2) is 0 Å². The highest BCUT2D eigenvalue weighted by molar-refractivity contribution is 4.93. The van der Waals surface area contributed by atoms with Crippen LogP contribution in [0.4, 0.5) is 0 Å². The Morgan fingerprint density at radius 1 is 1.05 bits per heavy atom. The van der Waals surface area contributed by atoms with Crippen LogP contribution in [0.3, 0.4) is 0 Å². The van der Waals surface area contributed by atoms with Gasteiger partial charge in [-0.3, -0.25) is 0 Å². The number of hydrogen-bond acceptors (Lipinski definition) is 2. The molecule has 19 heavy (non-hydrogen) atoms. The number of piperidine rings is 1. The van der Waals surface area contributed by atoms with E-state index >= 15 is 0 Å². The van der Waals surface area contributed by atoms with Gasteiger partial charge < -0.3 is 10.2 Å². The highest BCUT2D eigenvalue weighted by Crippen LogP contribution is 2.40. The zero-order valence-corrected chi connectivity index (χ0v) is 13.0. The van der Waals surface area contributed by atoms with Gasteiger partial charge >= 0.3 is 0 Å². The van der Waals surface area contributed by atoms with Crippen LogP contribution < -0.4 is 5.32 Å². The second-order valence-electron chi connectivity index (χ2n) is 8.00. The van der Waals surface area contributed by atoms with Crippen molar-refractivity contribution in [1.29, 1.82) is 0 Å². The van der Waals surface area contributed by atoms with Crippen LogP contribution in [0.5, 0.6) is 0 Å². The summed E-state index contributed by atoms with van der Waals surface area (Å²) >= 11 is 0. The van der Waals surface area contributed by atoms with E-state index in [1.165, 1.54) is 71.1 Å². The molecule has 0 radical (unpaired) electrons. The van der Waals surface area contributed by atoms with Crippen molar-refractivity contribution in [2.24, 2.45) is 17.3 Å². The fourth-order valence-corrected chi connectivity index (χ4v) is 4.56. The van der Waals surface area contributed by atoms with Gasteiger partial charge in [-0.15, -0.1) is 0 Å². The Hall–Kier alpha value is -0.0800. The number of nitrogens with zero attached hydrogens (tertiary/aromatic N) is 1. The topological polar surface area (TPSA) is 15.3 Å². The third kappa shape index (κ3) is 3.72. The molecule has 0 bridgehead atoms. The Morgan fingerprint density at radius 2 is 1.68 bits per heavy atom. The fraction of sp³-hybridized carbons (Fsp3) is 1.00. The van der Waals surface area contributed by atoms with E-state index in [1.807, 2.05) is 0 Å². The SMILES string of the molecule is CC1CC(C)CN(CC2(CNC3CC3)CCCC2)C1. The molecule has 2 heteroatoms. The van der Waals surface area contributed by atoms with Gasteiger partial charge in [0.05, 0.1) is 0 Å². The fourth-order valence-electron chi connectivity index (χ4n) is 4.56. The van der Waals surface area contributed by atoms with Gasteiger partial charge in [-0.1, -0.05) is 26.7 Å². The summed E-state index contributed by atoms with van der Waals surface area (Å²) in [5.74, 6) is 1.80. The van der Waals surface area contributed by atoms with E-state index < -0.39 is 0 Å². The molecular weight excluding hydrogens is 232 g/mol. The van der Waals surface area contributed by atoms with Crippen molar-refractivity contribution in [3.8, 4) is 0 Å². The maximum Gasteiger partial charge on any atom is 0.00684 e. The lowest BCUT2D eigenvalue weighted by atomic mass is 9.83. The van der Waals surface area contributed by atoms with E-state index in [9.17, 15) is 0 Å². The Bertz CT molecular complexity index is 282. The lowest BCUT2D eigenvalue weighted by Gasteiger charge is -2.41. The minimum Gasteiger partial charge on any atom is -0.313 e. The summed E-state index contributed by atoms with van der Waals surface area (Å²) in [6, 6.07) is 0.872. The third-order valence-corrected chi connectivity index (χ3v) is 5.51. The average molecular weight is 264 g/mol. The third-order valence-electron chi connectivity index (χ3n) is 5.51. The lowest BCUT2D eigenvalue weighted by molar-refractivity contribution is 0.0829. The first kappa shape index (κ1) is 13.9. The van der Waals surface area contributed by atoms with Gasteiger partial charge in [0.25, 0.3) is 0 Å². The molecular formula is C17H32N2. The predicted molar refractivity (Wildman–Crippen MR) is 81.3 cm³/mol. The van der Waals surface area contributed by atoms with Crippen molar-refractivity contribution in [2.75, 3.05) is 26.2 Å². The zero-order valence-electron chi connectivity index (χ0n) is 13.0. The smallest absolute Gasteiger partial charge is 0.00684 e. The minimum absolute atomic E-state index is 0.610. The molecule has 2 atom stereocenters. The maximum atomic E-state index is 3.82. The Kier molecular flexibility index (Phi) is 4.19. The summed E-state index contributed by atoms with van der Waals surface area (Å²) in [7, 11) is 0. The second-order valence-corrected chi connectivity index (χ2v) is 8.00. The van der Waals surface area contributed by atoms with E-state index in [4.69, 9.17) is 0 Å². The largest absolute Gasteiger partial charge is 0.313 e. The molecule has 1 N–H and O–H groups in total. The van der Waals surface area contributed by atoms with Crippen molar-refractivity contribution in [3.63, 3.8) is 0 Å². The van der Waals surface area contributed by atoms with Crippen molar-refractivity contribution in [2.45, 2.75) is 64.8 Å². The van der Waals surface area contributed by atoms with Gasteiger partial charge in [0.2, 0.25) is 0 Å². The molecule has 0 spiro atoms. The summed E-state index contributed by atoms with van der Waals surface area (Å²) in [4.78, 5) is 2.79. The molecule has 2 saturated carbocycles. The zero-order chi connectivity index (χ0) is 13.3. The Morgan fingerprint density at radius 3 is 2.26 bits per heavy atom. The molecule has 0 aromatic heterocycles. The summed E-state index contributed by atoms with van der Waals surface area (Å²) in [6.07, 6.45) is 10.1. The normalized spacial score (nSPS) is 35.7. The number of nitrogens with one attached hydrogen (secondary N) is 1. The van der Waals surface area contributed by atoms with Gasteiger partial charge in [-0.2, -0.15) is 0 Å². The molecule has 1 saturated heterocycles. The minimum atomic E-state index is 0.610. The molecule has 2 nitrogen and oxygen atoms in total. The van der Waals surface area contributed by atoms with Crippen LogP contribution in [0.2, 0.25) is 0 Å². The summed E-state index contributed by atoms with van der Waals surface area (Å²) in [5.41, 5.74) is 0.610. The first-order valence-corrected chi connectivity index (χ1v) is 8.61. The summed E-state index contributed by atoms with van der Waals surface area (Å²) in [5, 5.41) is 3.82. The van der Waals surface area contributed by atoms with Crippen LogP contribution in [0.15, 0.2) is 0 Å². The van der Waals surface area contributed by atoms with Crippen LogP contribution in [-0.4, -0.2) is 37.1 Å². The Labute approximate surface area is 119 Å². The number of rotatable bonds is 5. The average Bonchev–Trinajstić information content (AvgIpc) is 3.06. The summed E-state index contributed by atoms with van der Waals surface area (Å²) in [6.45, 7) is 10.2. The number of likely N-dealkylation sites (tertiary alicyclic amines) is 1. The van der Waals surface area contributed by atoms with Gasteiger partial charge in [-0.05, 0) is 49.4 Å². The molecule has 0 aromatic rings. The predicted octanol–water partition coefficient (Wildman–Crippen LogP) is 3.28. The lowest BCUT2D eigenvalue weighted by Crippen LogP contribution is -2.47. The van der Waals surface area contributed by atoms with Gasteiger partial charge in [0.15, 0.2) is 0 Å². The van der Waals surface area contributed by atoms with E-state index in [1.54, 1.807) is 0 Å². The van der Waals surface area contributed by atoms with E-state index in [0.29, 0.717) is 5.41 Å². The molecule has 1 aliphatic heterocycles. The molecule has 3 aliphatic rings. The van der Waals surface area contributed by atoms with Crippen LogP contribution in [0.1, 0.15) is 58.8 Å². The van der Waals surface area contributed by atoms with Crippen LogP contribution in [0.25, 0.3) is 0 Å². The first-order chi connectivity index (χ1) is 9.15. The highest BCUT2D eigenvalue weighted by atomic mass is 15.1. The summed E-state index contributed by atoms with van der Waals surface area (Å²) < 4.78 is 0. The van der Waals surface area contributed by atoms with Crippen molar-refractivity contribution in [3.05, 3.63) is 0 Å². The van der Waals surface area contributed by atoms with Crippen LogP contribution in [0, 0.1) is 17.3 Å². The maximum absolute atomic E-state index is 3.82. The van der Waals surface area contributed by atoms with Gasteiger partial charge in [0, 0.05) is 32.2 Å². The standard InChI is InChI=1S/C17H32N2/c1-14-9-15(2)11-19(10-14)13-17(7-3-4-8-17)12-18-16-5-6-16/h14-16,18H,3-13H2,1-2H3. The quantitative estimate of drug-likeness (QED) is 0.820. The van der Waals surface area contributed by atoms with E-state index in [0.717, 1.165) is 17.9 Å². The first-order valence-electron chi connectivity index (χ1n) is 8.61. The monoisotopic (exact) mass is 264 g/mol. The number of hydrogen-bond donors (Lipinski definition) is 1. The van der Waals surface area contributed by atoms with E-state index in [-0.39, 0.29) is 0 Å². The molecule has 1 heterocycles. The van der Waals surface area contributed by atoms with Crippen LogP contribution in [-0.2, 0) is 0 Å². The van der Waals surface area contributed by atoms with Crippen molar-refractivity contribution >= 4 is 0 Å². The highest BCUT2D eigenvalue weighted by Gasteiger charge is 2.38. The van der Waals surface area contributed by atoms with E-state index in [2.05, 4.69) is 24.1 Å².